The van der Waals surface area contributed by atoms with Crippen molar-refractivity contribution in [3.63, 3.8) is 0 Å². The largest absolute Gasteiger partial charge is 0.362 e. The van der Waals surface area contributed by atoms with Gasteiger partial charge in [-0.2, -0.15) is 0 Å². The standard InChI is InChI=1S/C17H26ClN3S/c1-13-5-3-9-21(12-13)10-4-8-19-17(22)20-15-7-6-14(2)16(18)11-15/h6-7,11,13H,3-5,8-10,12H2,1-2H3,(H2,19,20,22). The van der Waals surface area contributed by atoms with Crippen LogP contribution in [0.2, 0.25) is 5.02 Å². The summed E-state index contributed by atoms with van der Waals surface area (Å²) in [5.74, 6) is 0.843. The minimum atomic E-state index is 0.659. The number of anilines is 1. The molecule has 3 nitrogen and oxygen atoms in total. The van der Waals surface area contributed by atoms with Crippen LogP contribution in [0.1, 0.15) is 31.7 Å². The van der Waals surface area contributed by atoms with E-state index in [0.717, 1.165) is 41.7 Å². The molecule has 22 heavy (non-hydrogen) atoms. The lowest BCUT2D eigenvalue weighted by atomic mass is 10.0. The zero-order valence-corrected chi connectivity index (χ0v) is 15.1. The van der Waals surface area contributed by atoms with Crippen molar-refractivity contribution in [3.05, 3.63) is 28.8 Å². The molecule has 0 radical (unpaired) electrons. The summed E-state index contributed by atoms with van der Waals surface area (Å²) in [6.07, 6.45) is 3.83. The average molecular weight is 340 g/mol. The van der Waals surface area contributed by atoms with E-state index in [0.29, 0.717) is 5.11 Å². The van der Waals surface area contributed by atoms with E-state index in [9.17, 15) is 0 Å². The molecule has 0 aliphatic carbocycles. The number of likely N-dealkylation sites (tertiary alicyclic amines) is 1. The molecule has 1 saturated heterocycles. The van der Waals surface area contributed by atoms with Gasteiger partial charge in [0.2, 0.25) is 0 Å². The average Bonchev–Trinajstić information content (AvgIpc) is 2.48. The molecular weight excluding hydrogens is 314 g/mol. The highest BCUT2D eigenvalue weighted by molar-refractivity contribution is 7.80. The van der Waals surface area contributed by atoms with Gasteiger partial charge in [0.1, 0.15) is 0 Å². The Labute approximate surface area is 144 Å². The van der Waals surface area contributed by atoms with Crippen LogP contribution < -0.4 is 10.6 Å². The number of thiocarbonyl (C=S) groups is 1. The van der Waals surface area contributed by atoms with E-state index in [1.165, 1.54) is 25.9 Å². The zero-order chi connectivity index (χ0) is 15.9. The molecule has 1 fully saturated rings. The Bertz CT molecular complexity index is 507. The Morgan fingerprint density at radius 2 is 2.27 bits per heavy atom. The lowest BCUT2D eigenvalue weighted by molar-refractivity contribution is 0.182. The molecule has 122 valence electrons. The molecule has 2 N–H and O–H groups in total. The predicted molar refractivity (Wildman–Crippen MR) is 99.9 cm³/mol. The summed E-state index contributed by atoms with van der Waals surface area (Å²) < 4.78 is 0. The Morgan fingerprint density at radius 1 is 1.45 bits per heavy atom. The molecule has 1 aromatic carbocycles. The Morgan fingerprint density at radius 3 is 3.00 bits per heavy atom. The molecule has 0 saturated carbocycles. The smallest absolute Gasteiger partial charge is 0.170 e. The summed E-state index contributed by atoms with van der Waals surface area (Å²) in [4.78, 5) is 2.56. The first-order valence-corrected chi connectivity index (χ1v) is 8.86. The molecule has 0 aromatic heterocycles. The Kier molecular flexibility index (Phi) is 6.93. The van der Waals surface area contributed by atoms with Gasteiger partial charge < -0.3 is 15.5 Å². The third-order valence-corrected chi connectivity index (χ3v) is 4.76. The highest BCUT2D eigenvalue weighted by Gasteiger charge is 2.15. The molecule has 1 atom stereocenters. The van der Waals surface area contributed by atoms with Gasteiger partial charge in [-0.25, -0.2) is 0 Å². The minimum Gasteiger partial charge on any atom is -0.362 e. The first kappa shape index (κ1) is 17.5. The molecule has 1 unspecified atom stereocenters. The maximum Gasteiger partial charge on any atom is 0.170 e. The number of benzene rings is 1. The van der Waals surface area contributed by atoms with Gasteiger partial charge in [-0.05, 0) is 75.1 Å². The van der Waals surface area contributed by atoms with Crippen molar-refractivity contribution in [2.24, 2.45) is 5.92 Å². The highest BCUT2D eigenvalue weighted by atomic mass is 35.5. The van der Waals surface area contributed by atoms with E-state index in [-0.39, 0.29) is 0 Å². The number of nitrogens with one attached hydrogen (secondary N) is 2. The van der Waals surface area contributed by atoms with Gasteiger partial charge in [-0.3, -0.25) is 0 Å². The fraction of sp³-hybridized carbons (Fsp3) is 0.588. The second-order valence-electron chi connectivity index (χ2n) is 6.25. The molecule has 1 aliphatic rings. The van der Waals surface area contributed by atoms with Crippen LogP contribution in [0, 0.1) is 12.8 Å². The van der Waals surface area contributed by atoms with Crippen LogP contribution in [-0.2, 0) is 0 Å². The SMILES string of the molecule is Cc1ccc(NC(=S)NCCCN2CCCC(C)C2)cc1Cl. The molecule has 0 spiro atoms. The number of hydrogen-bond acceptors (Lipinski definition) is 2. The van der Waals surface area contributed by atoms with Gasteiger partial charge in [0, 0.05) is 23.8 Å². The molecular formula is C17H26ClN3S. The molecule has 0 bridgehead atoms. The van der Waals surface area contributed by atoms with Crippen LogP contribution in [0.3, 0.4) is 0 Å². The van der Waals surface area contributed by atoms with Gasteiger partial charge in [-0.15, -0.1) is 0 Å². The summed E-state index contributed by atoms with van der Waals surface area (Å²) in [5.41, 5.74) is 2.00. The third kappa shape index (κ3) is 5.75. The van der Waals surface area contributed by atoms with Crippen LogP contribution in [0.5, 0.6) is 0 Å². The number of piperidine rings is 1. The van der Waals surface area contributed by atoms with Crippen molar-refractivity contribution in [3.8, 4) is 0 Å². The van der Waals surface area contributed by atoms with E-state index in [1.54, 1.807) is 0 Å². The fourth-order valence-electron chi connectivity index (χ4n) is 2.84. The molecule has 1 aromatic rings. The van der Waals surface area contributed by atoms with Crippen LogP contribution in [0.4, 0.5) is 5.69 Å². The number of rotatable bonds is 5. The maximum absolute atomic E-state index is 6.11. The minimum absolute atomic E-state index is 0.659. The lowest BCUT2D eigenvalue weighted by Gasteiger charge is -2.30. The van der Waals surface area contributed by atoms with Crippen molar-refractivity contribution < 1.29 is 0 Å². The summed E-state index contributed by atoms with van der Waals surface area (Å²) >= 11 is 11.4. The molecule has 1 aliphatic heterocycles. The Hall–Kier alpha value is -0.840. The number of nitrogens with zero attached hydrogens (tertiary/aromatic N) is 1. The number of halogens is 1. The summed E-state index contributed by atoms with van der Waals surface area (Å²) in [5, 5.41) is 7.86. The van der Waals surface area contributed by atoms with Gasteiger partial charge >= 0.3 is 0 Å². The number of hydrogen-bond donors (Lipinski definition) is 2. The Balaban J connectivity index is 1.64. The van der Waals surface area contributed by atoms with Crippen LogP contribution in [0.25, 0.3) is 0 Å². The topological polar surface area (TPSA) is 27.3 Å². The van der Waals surface area contributed by atoms with Gasteiger partial charge in [0.05, 0.1) is 0 Å². The lowest BCUT2D eigenvalue weighted by Crippen LogP contribution is -2.37. The summed E-state index contributed by atoms with van der Waals surface area (Å²) in [7, 11) is 0. The monoisotopic (exact) mass is 339 g/mol. The van der Waals surface area contributed by atoms with E-state index in [4.69, 9.17) is 23.8 Å². The third-order valence-electron chi connectivity index (χ3n) is 4.11. The summed E-state index contributed by atoms with van der Waals surface area (Å²) in [6, 6.07) is 5.88. The highest BCUT2D eigenvalue weighted by Crippen LogP contribution is 2.19. The molecule has 5 heteroatoms. The molecule has 2 rings (SSSR count). The number of aryl methyl sites for hydroxylation is 1. The van der Waals surface area contributed by atoms with Crippen molar-refractivity contribution in [1.29, 1.82) is 0 Å². The molecule has 1 heterocycles. The molecule has 0 amide bonds. The van der Waals surface area contributed by atoms with Crippen molar-refractivity contribution in [1.82, 2.24) is 10.2 Å². The predicted octanol–water partition coefficient (Wildman–Crippen LogP) is 4.06. The fourth-order valence-corrected chi connectivity index (χ4v) is 3.24. The van der Waals surface area contributed by atoms with Gasteiger partial charge in [0.15, 0.2) is 5.11 Å². The second-order valence-corrected chi connectivity index (χ2v) is 7.06. The zero-order valence-electron chi connectivity index (χ0n) is 13.5. The van der Waals surface area contributed by atoms with Crippen LogP contribution in [-0.4, -0.2) is 36.2 Å². The van der Waals surface area contributed by atoms with Crippen LogP contribution in [0.15, 0.2) is 18.2 Å². The van der Waals surface area contributed by atoms with E-state index in [2.05, 4.69) is 22.5 Å². The second kappa shape index (κ2) is 8.70. The maximum atomic E-state index is 6.11. The van der Waals surface area contributed by atoms with Gasteiger partial charge in [-0.1, -0.05) is 24.6 Å². The first-order valence-electron chi connectivity index (χ1n) is 8.08. The van der Waals surface area contributed by atoms with E-state index >= 15 is 0 Å². The van der Waals surface area contributed by atoms with Crippen molar-refractivity contribution in [2.45, 2.75) is 33.1 Å². The van der Waals surface area contributed by atoms with E-state index in [1.807, 2.05) is 25.1 Å². The van der Waals surface area contributed by atoms with Crippen LogP contribution >= 0.6 is 23.8 Å². The van der Waals surface area contributed by atoms with E-state index < -0.39 is 0 Å². The first-order chi connectivity index (χ1) is 10.5. The normalized spacial score (nSPS) is 19.0. The summed E-state index contributed by atoms with van der Waals surface area (Å²) in [6.45, 7) is 8.87. The van der Waals surface area contributed by atoms with Crippen molar-refractivity contribution >= 4 is 34.6 Å². The van der Waals surface area contributed by atoms with Gasteiger partial charge in [0.25, 0.3) is 0 Å². The van der Waals surface area contributed by atoms with Crippen molar-refractivity contribution in [2.75, 3.05) is 31.5 Å². The quantitative estimate of drug-likeness (QED) is 0.625.